The molecule has 0 aliphatic rings. The Morgan fingerprint density at radius 2 is 0.865 bits per heavy atom. The van der Waals surface area contributed by atoms with E-state index in [2.05, 4.69) is 9.98 Å². The summed E-state index contributed by atoms with van der Waals surface area (Å²) in [4.78, 5) is 64.1. The molecule has 12 heteroatoms. The average molecular weight is 737 g/mol. The smallest absolute Gasteiger partial charge is 0.359 e. The van der Waals surface area contributed by atoms with Gasteiger partial charge in [0.2, 0.25) is 0 Å². The summed E-state index contributed by atoms with van der Waals surface area (Å²) >= 11 is 2.41. The summed E-state index contributed by atoms with van der Waals surface area (Å²) in [7, 11) is 2.30. The molecular weight excluding hydrogens is 701 g/mol. The van der Waals surface area contributed by atoms with Crippen molar-refractivity contribution < 1.29 is 38.1 Å². The van der Waals surface area contributed by atoms with Crippen molar-refractivity contribution in [1.29, 1.82) is 0 Å². The van der Waals surface area contributed by atoms with Crippen LogP contribution in [0.2, 0.25) is 0 Å². The van der Waals surface area contributed by atoms with Crippen molar-refractivity contribution in [2.45, 2.75) is 23.6 Å². The first-order valence-electron chi connectivity index (χ1n) is 16.0. The molecule has 0 aromatic heterocycles. The van der Waals surface area contributed by atoms with Crippen LogP contribution in [0.1, 0.15) is 25.0 Å². The number of aliphatic imine (C=N–C) groups is 2. The van der Waals surface area contributed by atoms with Gasteiger partial charge in [-0.1, -0.05) is 96.3 Å². The van der Waals surface area contributed by atoms with Gasteiger partial charge in [-0.3, -0.25) is 0 Å². The standard InChI is InChI=1S/C40H36N2O8S2/c1-5-49-37(43)33(51-29-19-9-7-10-20-29)25-27-17-13-15-23-31(27)41-35(39(45)47-3)36(40(46)48-4)42-32-24-16-14-18-28(32)26-34(38(44)50-6-2)52-30-21-11-8-12-22-30/h7-26H,5-6H2,1-4H3. The predicted molar refractivity (Wildman–Crippen MR) is 205 cm³/mol. The highest BCUT2D eigenvalue weighted by atomic mass is 32.2. The zero-order chi connectivity index (χ0) is 37.3. The van der Waals surface area contributed by atoms with Gasteiger partial charge in [0.05, 0.1) is 48.6 Å². The molecule has 0 unspecified atom stereocenters. The molecule has 4 aromatic carbocycles. The average Bonchev–Trinajstić information content (AvgIpc) is 3.17. The van der Waals surface area contributed by atoms with Gasteiger partial charge in [-0.2, -0.15) is 0 Å². The van der Waals surface area contributed by atoms with E-state index >= 15 is 0 Å². The lowest BCUT2D eigenvalue weighted by molar-refractivity contribution is -0.138. The molecule has 4 aromatic rings. The zero-order valence-corrected chi connectivity index (χ0v) is 30.6. The largest absolute Gasteiger partial charge is 0.464 e. The summed E-state index contributed by atoms with van der Waals surface area (Å²) in [6.45, 7) is 3.76. The summed E-state index contributed by atoms with van der Waals surface area (Å²) in [6.07, 6.45) is 3.19. The summed E-state index contributed by atoms with van der Waals surface area (Å²) < 4.78 is 20.8. The van der Waals surface area contributed by atoms with Gasteiger partial charge in [-0.25, -0.2) is 29.2 Å². The molecular formula is C40H36N2O8S2. The Labute approximate surface area is 310 Å². The Hall–Kier alpha value is -5.72. The number of hydrogen-bond donors (Lipinski definition) is 0. The lowest BCUT2D eigenvalue weighted by atomic mass is 10.1. The van der Waals surface area contributed by atoms with Gasteiger partial charge in [0.25, 0.3) is 0 Å². The van der Waals surface area contributed by atoms with Crippen LogP contribution in [0.3, 0.4) is 0 Å². The minimum atomic E-state index is -0.966. The Morgan fingerprint density at radius 3 is 1.21 bits per heavy atom. The number of methoxy groups -OCH3 is 2. The second-order valence-electron chi connectivity index (χ2n) is 10.3. The second kappa shape index (κ2) is 20.2. The number of ether oxygens (including phenoxy) is 4. The van der Waals surface area contributed by atoms with Crippen LogP contribution in [0.4, 0.5) is 11.4 Å². The van der Waals surface area contributed by atoms with E-state index in [0.717, 1.165) is 24.0 Å². The SMILES string of the molecule is CCOC(=O)C(=Cc1ccccc1N=C(C(=O)OC)C(=Nc1ccccc1C=C(Sc1ccccc1)C(=O)OCC)C(=O)OC)Sc1ccccc1. The molecule has 266 valence electrons. The molecule has 0 saturated carbocycles. The number of rotatable bonds is 15. The molecule has 52 heavy (non-hydrogen) atoms. The van der Waals surface area contributed by atoms with Crippen LogP contribution in [0.15, 0.2) is 139 Å². The molecule has 0 amide bonds. The highest BCUT2D eigenvalue weighted by Gasteiger charge is 2.28. The van der Waals surface area contributed by atoms with Crippen LogP contribution < -0.4 is 0 Å². The molecule has 0 heterocycles. The van der Waals surface area contributed by atoms with E-state index in [0.29, 0.717) is 11.1 Å². The summed E-state index contributed by atoms with van der Waals surface area (Å²) in [5, 5.41) is 0. The van der Waals surface area contributed by atoms with Crippen molar-refractivity contribution in [2.75, 3.05) is 27.4 Å². The first-order valence-corrected chi connectivity index (χ1v) is 17.7. The predicted octanol–water partition coefficient (Wildman–Crippen LogP) is 8.27. The van der Waals surface area contributed by atoms with Crippen LogP contribution >= 0.6 is 23.5 Å². The van der Waals surface area contributed by atoms with Crippen molar-refractivity contribution in [1.82, 2.24) is 0 Å². The third-order valence-electron chi connectivity index (χ3n) is 6.79. The molecule has 0 aliphatic heterocycles. The number of carbonyl (C=O) groups is 4. The maximum atomic E-state index is 13.4. The van der Waals surface area contributed by atoms with E-state index in [-0.39, 0.29) is 34.4 Å². The summed E-state index contributed by atoms with van der Waals surface area (Å²) in [6, 6.07) is 32.1. The Bertz CT molecular complexity index is 1860. The molecule has 0 saturated heterocycles. The molecule has 4 rings (SSSR count). The first-order chi connectivity index (χ1) is 25.3. The van der Waals surface area contributed by atoms with Gasteiger partial charge in [0.1, 0.15) is 0 Å². The van der Waals surface area contributed by atoms with Gasteiger partial charge in [0.15, 0.2) is 11.4 Å². The van der Waals surface area contributed by atoms with Crippen LogP contribution in [-0.4, -0.2) is 62.7 Å². The van der Waals surface area contributed by atoms with Gasteiger partial charge in [0, 0.05) is 20.9 Å². The molecule has 0 aliphatic carbocycles. The Morgan fingerprint density at radius 1 is 0.519 bits per heavy atom. The quantitative estimate of drug-likeness (QED) is 0.0387. The Balaban J connectivity index is 1.88. The summed E-state index contributed by atoms with van der Waals surface area (Å²) in [5.74, 6) is -3.02. The fourth-order valence-corrected chi connectivity index (χ4v) is 6.18. The van der Waals surface area contributed by atoms with Crippen molar-refractivity contribution in [3.63, 3.8) is 0 Å². The Kier molecular flexibility index (Phi) is 15.2. The van der Waals surface area contributed by atoms with Crippen LogP contribution in [0, 0.1) is 0 Å². The van der Waals surface area contributed by atoms with E-state index < -0.39 is 35.3 Å². The van der Waals surface area contributed by atoms with Crippen LogP contribution in [0.25, 0.3) is 12.2 Å². The number of esters is 4. The molecule has 0 spiro atoms. The zero-order valence-electron chi connectivity index (χ0n) is 28.9. The lowest BCUT2D eigenvalue weighted by Gasteiger charge is -2.11. The second-order valence-corrected chi connectivity index (χ2v) is 12.5. The van der Waals surface area contributed by atoms with Gasteiger partial charge >= 0.3 is 23.9 Å². The van der Waals surface area contributed by atoms with Crippen molar-refractivity contribution in [3.05, 3.63) is 130 Å². The first kappa shape index (κ1) is 39.1. The van der Waals surface area contributed by atoms with Crippen molar-refractivity contribution in [2.24, 2.45) is 9.98 Å². The van der Waals surface area contributed by atoms with Gasteiger partial charge in [-0.05, 0) is 62.4 Å². The van der Waals surface area contributed by atoms with E-state index in [1.54, 1.807) is 74.5 Å². The molecule has 10 nitrogen and oxygen atoms in total. The molecule has 0 atom stereocenters. The lowest BCUT2D eigenvalue weighted by Crippen LogP contribution is -2.32. The number of thioether (sulfide) groups is 2. The maximum Gasteiger partial charge on any atom is 0.359 e. The molecule has 0 radical (unpaired) electrons. The number of carbonyl (C=O) groups excluding carboxylic acids is 4. The fourth-order valence-electron chi connectivity index (χ4n) is 4.43. The van der Waals surface area contributed by atoms with Crippen molar-refractivity contribution >= 4 is 82.4 Å². The van der Waals surface area contributed by atoms with Gasteiger partial charge in [-0.15, -0.1) is 0 Å². The topological polar surface area (TPSA) is 130 Å². The van der Waals surface area contributed by atoms with Crippen LogP contribution in [-0.2, 0) is 38.1 Å². The van der Waals surface area contributed by atoms with E-state index in [1.165, 1.54) is 23.5 Å². The molecule has 0 bridgehead atoms. The minimum absolute atomic E-state index is 0.166. The third kappa shape index (κ3) is 11.1. The number of nitrogens with zero attached hydrogens (tertiary/aromatic N) is 2. The summed E-state index contributed by atoms with van der Waals surface area (Å²) in [5.41, 5.74) is 0.442. The highest BCUT2D eigenvalue weighted by Crippen LogP contribution is 2.33. The van der Waals surface area contributed by atoms with Gasteiger partial charge < -0.3 is 18.9 Å². The van der Waals surface area contributed by atoms with E-state index in [9.17, 15) is 19.2 Å². The highest BCUT2D eigenvalue weighted by molar-refractivity contribution is 8.04. The number of benzene rings is 4. The number of para-hydroxylation sites is 2. The fraction of sp³-hybridized carbons (Fsp3) is 0.150. The van der Waals surface area contributed by atoms with E-state index in [1.807, 2.05) is 60.7 Å². The van der Waals surface area contributed by atoms with Crippen molar-refractivity contribution in [3.8, 4) is 0 Å². The maximum absolute atomic E-state index is 13.4. The number of hydrogen-bond acceptors (Lipinski definition) is 12. The normalized spacial score (nSPS) is 12.2. The third-order valence-corrected chi connectivity index (χ3v) is 8.81. The monoisotopic (exact) mass is 736 g/mol. The minimum Gasteiger partial charge on any atom is -0.464 e. The molecule has 0 fully saturated rings. The van der Waals surface area contributed by atoms with E-state index in [4.69, 9.17) is 18.9 Å². The molecule has 0 N–H and O–H groups in total. The van der Waals surface area contributed by atoms with Crippen LogP contribution in [0.5, 0.6) is 0 Å².